The Labute approximate surface area is 242 Å². The molecule has 40 heavy (non-hydrogen) atoms. The third-order valence-corrected chi connectivity index (χ3v) is 4.60. The zero-order valence-electron chi connectivity index (χ0n) is 22.8. The molecule has 0 aliphatic carbocycles. The number of ether oxygens (including phenoxy) is 1. The predicted octanol–water partition coefficient (Wildman–Crippen LogP) is 7.89. The first kappa shape index (κ1) is 43.4. The van der Waals surface area contributed by atoms with E-state index in [0.717, 1.165) is 36.8 Å². The number of aliphatic hydroxyl groups excluding tert-OH is 1. The maximum atomic E-state index is 11.3. The first-order chi connectivity index (χ1) is 18.4. The molecule has 3 aromatic rings. The number of hydrogen-bond acceptors (Lipinski definition) is 4. The van der Waals surface area contributed by atoms with Crippen molar-refractivity contribution in [1.29, 1.82) is 0 Å². The van der Waals surface area contributed by atoms with Gasteiger partial charge in [0.1, 0.15) is 0 Å². The van der Waals surface area contributed by atoms with Gasteiger partial charge in [-0.25, -0.2) is 0 Å². The normalized spacial score (nSPS) is 8.35. The topological polar surface area (TPSA) is 104 Å². The average molecular weight is 555 g/mol. The zero-order valence-corrected chi connectivity index (χ0v) is 22.8. The van der Waals surface area contributed by atoms with Crippen molar-refractivity contribution < 1.29 is 29.2 Å². The van der Waals surface area contributed by atoms with E-state index in [1.807, 2.05) is 66.7 Å². The summed E-state index contributed by atoms with van der Waals surface area (Å²) in [6, 6.07) is 29.0. The van der Waals surface area contributed by atoms with Gasteiger partial charge >= 0.3 is 23.2 Å². The summed E-state index contributed by atoms with van der Waals surface area (Å²) in [5.74, 6) is -0.921. The number of rotatable bonds is 9. The molecular weight excluding hydrogens is 504 g/mol. The molecule has 0 fully saturated rings. The van der Waals surface area contributed by atoms with Crippen LogP contribution in [-0.4, -0.2) is 35.4 Å². The van der Waals surface area contributed by atoms with E-state index in [4.69, 9.17) is 19.6 Å². The predicted molar refractivity (Wildman–Crippen MR) is 164 cm³/mol. The van der Waals surface area contributed by atoms with E-state index >= 15 is 0 Å². The van der Waals surface area contributed by atoms with E-state index in [0.29, 0.717) is 19.6 Å². The molecule has 0 aliphatic heterocycles. The summed E-state index contributed by atoms with van der Waals surface area (Å²) in [5, 5.41) is 16.4. The molecule has 0 heterocycles. The molecule has 0 saturated carbocycles. The van der Waals surface area contributed by atoms with Crippen LogP contribution >= 0.6 is 0 Å². The first-order valence-electron chi connectivity index (χ1n) is 12.7. The van der Waals surface area contributed by atoms with Crippen molar-refractivity contribution in [2.24, 2.45) is 0 Å². The number of hydrogen-bond donors (Lipinski definition) is 2. The molecule has 0 bridgehead atoms. The van der Waals surface area contributed by atoms with Gasteiger partial charge in [0.05, 0.1) is 19.4 Å². The van der Waals surface area contributed by atoms with Crippen LogP contribution in [0.5, 0.6) is 0 Å². The number of carboxylic acid groups (broad SMARTS) is 1. The first-order valence-corrected chi connectivity index (χ1v) is 12.7. The third-order valence-electron chi connectivity index (χ3n) is 4.60. The van der Waals surface area contributed by atoms with Gasteiger partial charge in [0.25, 0.3) is 0 Å². The number of aliphatic hydroxyl groups is 1. The minimum atomic E-state index is -0.786. The summed E-state index contributed by atoms with van der Waals surface area (Å²) in [6.45, 7) is 11.6. The number of aryl methyl sites for hydroxylation is 1. The third kappa shape index (κ3) is 30.5. The number of carboxylic acids is 1. The van der Waals surface area contributed by atoms with Crippen molar-refractivity contribution in [3.8, 4) is 0 Å². The Morgan fingerprint density at radius 1 is 0.725 bits per heavy atom. The average Bonchev–Trinajstić information content (AvgIpc) is 2.93. The molecule has 0 aliphatic rings. The van der Waals surface area contributed by atoms with E-state index in [1.165, 1.54) is 5.56 Å². The number of benzene rings is 3. The second-order valence-electron chi connectivity index (χ2n) is 8.02. The number of carbonyl (C=O) groups excluding carboxylic acids is 1. The molecule has 3 rings (SSSR count). The summed E-state index contributed by atoms with van der Waals surface area (Å²) in [7, 11) is 0. The second kappa shape index (κ2) is 33.3. The number of aliphatic carboxylic acids is 1. The van der Waals surface area contributed by atoms with Gasteiger partial charge in [0.15, 0.2) is 0 Å². The Hall–Kier alpha value is -3.70. The number of unbranched alkanes of at least 4 members (excludes halogenated alkanes) is 2. The Balaban J connectivity index is -0.000000220. The van der Waals surface area contributed by atoms with Crippen molar-refractivity contribution in [2.75, 3.05) is 13.2 Å². The molecule has 0 amide bonds. The van der Waals surface area contributed by atoms with Gasteiger partial charge in [-0.1, -0.05) is 138 Å². The molecule has 222 valence electrons. The Kier molecular flexibility index (Phi) is 36.1. The minimum absolute atomic E-state index is 0. The summed E-state index contributed by atoms with van der Waals surface area (Å²) >= 11 is 0. The molecule has 0 spiro atoms. The van der Waals surface area contributed by atoms with Crippen LogP contribution < -0.4 is 0 Å². The summed E-state index contributed by atoms with van der Waals surface area (Å²) in [5.41, 5.74) is 3.17. The van der Waals surface area contributed by atoms with Crippen LogP contribution in [0.3, 0.4) is 0 Å². The number of carbonyl (C=O) groups is 2. The van der Waals surface area contributed by atoms with Gasteiger partial charge in [0, 0.05) is 6.61 Å². The standard InChI is InChI=1S/C12H16O2.C8H8O2.C7H8.C4H10O.CO.2CH4/c1-2-3-9-14-12(13)10-11-7-5-4-6-8-11;9-8(10)6-7-4-2-1-3-5-7;1-7-5-3-2-4-6-7;1-2-3-4-5;1-2;;/h4-8H,2-3,9-10H2,1H3;1-5H,6H2,(H,9,10);2-6H,1H3;5H,2-4H2,1H3;;2*1H4. The quantitative estimate of drug-likeness (QED) is 0.121. The van der Waals surface area contributed by atoms with Crippen LogP contribution in [0.25, 0.3) is 0 Å². The van der Waals surface area contributed by atoms with Gasteiger partial charge in [-0.2, -0.15) is 0 Å². The van der Waals surface area contributed by atoms with Crippen LogP contribution in [0, 0.1) is 13.6 Å². The fourth-order valence-corrected chi connectivity index (χ4v) is 2.61. The number of esters is 1. The monoisotopic (exact) mass is 554 g/mol. The molecule has 2 N–H and O–H groups in total. The summed E-state index contributed by atoms with van der Waals surface area (Å²) in [4.78, 5) is 21.4. The summed E-state index contributed by atoms with van der Waals surface area (Å²) in [6.07, 6.45) is 4.53. The van der Waals surface area contributed by atoms with E-state index < -0.39 is 5.97 Å². The molecule has 6 nitrogen and oxygen atoms in total. The molecule has 6 heteroatoms. The second-order valence-corrected chi connectivity index (χ2v) is 8.02. The summed E-state index contributed by atoms with van der Waals surface area (Å²) < 4.78 is 12.5. The molecule has 0 unspecified atom stereocenters. The van der Waals surface area contributed by atoms with Crippen molar-refractivity contribution in [2.45, 2.75) is 74.1 Å². The van der Waals surface area contributed by atoms with Crippen LogP contribution in [0.4, 0.5) is 0 Å². The molecular formula is C34H50O6. The van der Waals surface area contributed by atoms with E-state index in [2.05, 4.69) is 39.6 Å². The van der Waals surface area contributed by atoms with Crippen molar-refractivity contribution in [3.05, 3.63) is 114 Å². The fraction of sp³-hybridized carbons (Fsp3) is 0.382. The van der Waals surface area contributed by atoms with Crippen molar-refractivity contribution in [1.82, 2.24) is 0 Å². The molecule has 3 aromatic carbocycles. The molecule has 0 aromatic heterocycles. The van der Waals surface area contributed by atoms with Gasteiger partial charge in [-0.3, -0.25) is 9.59 Å². The van der Waals surface area contributed by atoms with Gasteiger partial charge in [-0.05, 0) is 30.9 Å². The Morgan fingerprint density at radius 2 is 1.12 bits per heavy atom. The Bertz CT molecular complexity index is 939. The zero-order chi connectivity index (χ0) is 28.9. The van der Waals surface area contributed by atoms with Crippen molar-refractivity contribution in [3.63, 3.8) is 0 Å². The van der Waals surface area contributed by atoms with Gasteiger partial charge in [0.2, 0.25) is 0 Å². The van der Waals surface area contributed by atoms with Gasteiger partial charge < -0.3 is 14.9 Å². The van der Waals surface area contributed by atoms with Crippen LogP contribution in [-0.2, 0) is 31.8 Å². The maximum absolute atomic E-state index is 11.3. The van der Waals surface area contributed by atoms with Crippen LogP contribution in [0.1, 0.15) is 71.1 Å². The van der Waals surface area contributed by atoms with Crippen LogP contribution in [0.15, 0.2) is 91.0 Å². The van der Waals surface area contributed by atoms with E-state index in [-0.39, 0.29) is 27.2 Å². The molecule has 0 atom stereocenters. The fourth-order valence-electron chi connectivity index (χ4n) is 2.61. The molecule has 0 saturated heterocycles. The molecule has 0 radical (unpaired) electrons. The Morgan fingerprint density at radius 3 is 1.43 bits per heavy atom. The SMILES string of the molecule is C.C.CCCCO.CCCCOC(=O)Cc1ccccc1.Cc1ccccc1.O=C(O)Cc1ccccc1.[C-]#[O+]. The van der Waals surface area contributed by atoms with Gasteiger partial charge in [-0.15, -0.1) is 0 Å². The van der Waals surface area contributed by atoms with E-state index in [1.54, 1.807) is 12.1 Å². The van der Waals surface area contributed by atoms with Crippen molar-refractivity contribution >= 4 is 11.9 Å². The van der Waals surface area contributed by atoms with E-state index in [9.17, 15) is 9.59 Å². The van der Waals surface area contributed by atoms with Crippen LogP contribution in [0.2, 0.25) is 0 Å².